The van der Waals surface area contributed by atoms with Crippen molar-refractivity contribution in [1.29, 1.82) is 0 Å². The Morgan fingerprint density at radius 2 is 1.75 bits per heavy atom. The zero-order valence-electron chi connectivity index (χ0n) is 8.07. The van der Waals surface area contributed by atoms with E-state index in [1.807, 2.05) is 0 Å². The van der Waals surface area contributed by atoms with E-state index in [0.29, 0.717) is 9.84 Å². The summed E-state index contributed by atoms with van der Waals surface area (Å²) in [6.45, 7) is 8.65. The molecule has 12 heavy (non-hydrogen) atoms. The zero-order chi connectivity index (χ0) is 9.72. The predicted octanol–water partition coefficient (Wildman–Crippen LogP) is 4.69. The molecule has 70 valence electrons. The molecule has 2 atom stereocenters. The van der Waals surface area contributed by atoms with E-state index in [-0.39, 0.29) is 0 Å². The number of alkyl halides is 1. The quantitative estimate of drug-likeness (QED) is 0.396. The second-order valence-electron chi connectivity index (χ2n) is 2.85. The Labute approximate surface area is 97.8 Å². The highest BCUT2D eigenvalue weighted by Gasteiger charge is 2.14. The molecule has 0 radical (unpaired) electrons. The van der Waals surface area contributed by atoms with E-state index < -0.39 is 0 Å². The average molecular weight is 343 g/mol. The molecule has 0 aliphatic carbocycles. The van der Waals surface area contributed by atoms with Crippen LogP contribution in [-0.2, 0) is 0 Å². The van der Waals surface area contributed by atoms with Crippen molar-refractivity contribution in [3.05, 3.63) is 22.2 Å². The van der Waals surface area contributed by atoms with E-state index in [2.05, 4.69) is 78.4 Å². The van der Waals surface area contributed by atoms with E-state index in [1.54, 1.807) is 0 Å². The number of allylic oxidation sites excluding steroid dienone is 4. The van der Waals surface area contributed by atoms with Gasteiger partial charge in [0.25, 0.3) is 0 Å². The van der Waals surface area contributed by atoms with Crippen molar-refractivity contribution in [3.63, 3.8) is 0 Å². The molecule has 0 aromatic heterocycles. The van der Waals surface area contributed by atoms with E-state index >= 15 is 0 Å². The topological polar surface area (TPSA) is 0 Å². The summed E-state index contributed by atoms with van der Waals surface area (Å²) in [5.41, 5.74) is 1.40. The summed E-state index contributed by atoms with van der Waals surface area (Å²) in [4.78, 5) is 0. The minimum atomic E-state index is 0.612. The van der Waals surface area contributed by atoms with Gasteiger partial charge < -0.3 is 0 Å². The highest BCUT2D eigenvalue weighted by molar-refractivity contribution is 14.1. The standard InChI is InChI=1S/C10H16BrI/c1-5-9(10(11)6-2)7(3)8(4)12/h5-8H,1-4H3/b9-5+,10-6-/t7?,8-/m0/s1. The summed E-state index contributed by atoms with van der Waals surface area (Å²) in [5.74, 6) is 0.612. The molecule has 0 aliphatic heterocycles. The monoisotopic (exact) mass is 342 g/mol. The minimum Gasteiger partial charge on any atom is -0.0830 e. The van der Waals surface area contributed by atoms with E-state index in [0.717, 1.165) is 0 Å². The lowest BCUT2D eigenvalue weighted by molar-refractivity contribution is 0.704. The fraction of sp³-hybridized carbons (Fsp3) is 0.600. The van der Waals surface area contributed by atoms with Gasteiger partial charge in [-0.05, 0) is 25.3 Å². The molecule has 0 rings (SSSR count). The molecule has 0 aromatic carbocycles. The SMILES string of the molecule is C/C=C(Br)/C(=C/C)C(C)[C@H](C)I. The van der Waals surface area contributed by atoms with Gasteiger partial charge in [0.2, 0.25) is 0 Å². The van der Waals surface area contributed by atoms with Gasteiger partial charge in [-0.1, -0.05) is 64.5 Å². The van der Waals surface area contributed by atoms with Crippen LogP contribution in [-0.4, -0.2) is 3.92 Å². The first-order valence-electron chi connectivity index (χ1n) is 4.17. The maximum absolute atomic E-state index is 3.56. The first-order chi connectivity index (χ1) is 5.54. The van der Waals surface area contributed by atoms with Gasteiger partial charge in [-0.3, -0.25) is 0 Å². The summed E-state index contributed by atoms with van der Waals surface area (Å²) in [6, 6.07) is 0. The van der Waals surface area contributed by atoms with Gasteiger partial charge in [0.05, 0.1) is 0 Å². The van der Waals surface area contributed by atoms with Crippen LogP contribution in [0.2, 0.25) is 0 Å². The van der Waals surface area contributed by atoms with Gasteiger partial charge in [0.1, 0.15) is 0 Å². The fourth-order valence-electron chi connectivity index (χ4n) is 1.03. The molecule has 2 heteroatoms. The maximum atomic E-state index is 3.56. The molecule has 0 aliphatic rings. The van der Waals surface area contributed by atoms with Crippen LogP contribution >= 0.6 is 38.5 Å². The Bertz CT molecular complexity index is 192. The van der Waals surface area contributed by atoms with Crippen molar-refractivity contribution >= 4 is 38.5 Å². The smallest absolute Gasteiger partial charge is 0.0164 e. The van der Waals surface area contributed by atoms with Crippen molar-refractivity contribution in [1.82, 2.24) is 0 Å². The second kappa shape index (κ2) is 6.19. The summed E-state index contributed by atoms with van der Waals surface area (Å²) >= 11 is 6.03. The first kappa shape index (κ1) is 12.7. The Morgan fingerprint density at radius 1 is 1.25 bits per heavy atom. The third kappa shape index (κ3) is 3.60. The van der Waals surface area contributed by atoms with Gasteiger partial charge in [-0.15, -0.1) is 0 Å². The Morgan fingerprint density at radius 3 is 2.00 bits per heavy atom. The first-order valence-corrected chi connectivity index (χ1v) is 6.20. The Hall–Kier alpha value is 0.690. The highest BCUT2D eigenvalue weighted by Crippen LogP contribution is 2.29. The van der Waals surface area contributed by atoms with Crippen LogP contribution in [0.1, 0.15) is 27.7 Å². The third-order valence-electron chi connectivity index (χ3n) is 2.02. The summed E-state index contributed by atoms with van der Waals surface area (Å²) in [5, 5.41) is 0. The van der Waals surface area contributed by atoms with Crippen LogP contribution in [0.15, 0.2) is 22.2 Å². The molecule has 0 bridgehead atoms. The normalized spacial score (nSPS) is 19.2. The molecule has 0 fully saturated rings. The molecular weight excluding hydrogens is 327 g/mol. The van der Waals surface area contributed by atoms with Crippen molar-refractivity contribution < 1.29 is 0 Å². The highest BCUT2D eigenvalue weighted by atomic mass is 127. The summed E-state index contributed by atoms with van der Waals surface area (Å²) in [7, 11) is 0. The van der Waals surface area contributed by atoms with Crippen molar-refractivity contribution in [2.75, 3.05) is 0 Å². The van der Waals surface area contributed by atoms with Crippen LogP contribution in [0.25, 0.3) is 0 Å². The van der Waals surface area contributed by atoms with Gasteiger partial charge in [-0.2, -0.15) is 0 Å². The molecule has 0 amide bonds. The van der Waals surface area contributed by atoms with E-state index in [4.69, 9.17) is 0 Å². The maximum Gasteiger partial charge on any atom is 0.0164 e. The summed E-state index contributed by atoms with van der Waals surface area (Å²) < 4.78 is 1.89. The average Bonchev–Trinajstić information content (AvgIpc) is 2.05. The van der Waals surface area contributed by atoms with Crippen molar-refractivity contribution in [2.24, 2.45) is 5.92 Å². The minimum absolute atomic E-state index is 0.612. The predicted molar refractivity (Wildman–Crippen MR) is 69.1 cm³/mol. The molecule has 0 heterocycles. The van der Waals surface area contributed by atoms with Crippen LogP contribution in [0, 0.1) is 5.92 Å². The number of rotatable bonds is 3. The van der Waals surface area contributed by atoms with Crippen LogP contribution in [0.4, 0.5) is 0 Å². The molecule has 0 N–H and O–H groups in total. The van der Waals surface area contributed by atoms with Gasteiger partial charge in [-0.25, -0.2) is 0 Å². The molecule has 0 spiro atoms. The molecular formula is C10H16BrI. The zero-order valence-corrected chi connectivity index (χ0v) is 11.8. The molecule has 0 saturated carbocycles. The Kier molecular flexibility index (Phi) is 6.55. The van der Waals surface area contributed by atoms with Crippen LogP contribution < -0.4 is 0 Å². The molecule has 1 unspecified atom stereocenters. The number of halogens is 2. The van der Waals surface area contributed by atoms with Crippen LogP contribution in [0.5, 0.6) is 0 Å². The molecule has 0 saturated heterocycles. The van der Waals surface area contributed by atoms with E-state index in [9.17, 15) is 0 Å². The third-order valence-corrected chi connectivity index (χ3v) is 4.01. The fourth-order valence-corrected chi connectivity index (χ4v) is 2.01. The molecule has 0 aromatic rings. The van der Waals surface area contributed by atoms with Gasteiger partial charge in [0, 0.05) is 8.41 Å². The number of hydrogen-bond donors (Lipinski definition) is 0. The van der Waals surface area contributed by atoms with Crippen LogP contribution in [0.3, 0.4) is 0 Å². The lowest BCUT2D eigenvalue weighted by Crippen LogP contribution is -2.09. The number of hydrogen-bond acceptors (Lipinski definition) is 0. The molecule has 0 nitrogen and oxygen atoms in total. The lowest BCUT2D eigenvalue weighted by atomic mass is 9.98. The Balaban J connectivity index is 4.59. The van der Waals surface area contributed by atoms with Gasteiger partial charge in [0.15, 0.2) is 0 Å². The van der Waals surface area contributed by atoms with Crippen molar-refractivity contribution in [3.8, 4) is 0 Å². The lowest BCUT2D eigenvalue weighted by Gasteiger charge is -2.17. The summed E-state index contributed by atoms with van der Waals surface area (Å²) in [6.07, 6.45) is 4.29. The van der Waals surface area contributed by atoms with Gasteiger partial charge >= 0.3 is 0 Å². The second-order valence-corrected chi connectivity index (χ2v) is 5.67. The van der Waals surface area contributed by atoms with Crippen molar-refractivity contribution in [2.45, 2.75) is 31.6 Å². The largest absolute Gasteiger partial charge is 0.0830 e. The van der Waals surface area contributed by atoms with E-state index in [1.165, 1.54) is 10.1 Å².